The fourth-order valence-corrected chi connectivity index (χ4v) is 2.26. The number of nitrogens with one attached hydrogen (secondary N) is 2. The molecule has 0 saturated heterocycles. The second-order valence-electron chi connectivity index (χ2n) is 4.91. The SMILES string of the molecule is C[C@H](NCCNC(=O)C1CC1)c1ccc(Br)cc1F. The van der Waals surface area contributed by atoms with Crippen molar-refractivity contribution in [2.24, 2.45) is 5.92 Å². The van der Waals surface area contributed by atoms with Gasteiger partial charge in [-0.15, -0.1) is 0 Å². The maximum Gasteiger partial charge on any atom is 0.223 e. The lowest BCUT2D eigenvalue weighted by Gasteiger charge is -2.15. The molecule has 1 aromatic carbocycles. The summed E-state index contributed by atoms with van der Waals surface area (Å²) in [5, 5.41) is 6.08. The van der Waals surface area contributed by atoms with E-state index in [2.05, 4.69) is 26.6 Å². The second kappa shape index (κ2) is 6.48. The normalized spacial score (nSPS) is 16.2. The number of carbonyl (C=O) groups is 1. The van der Waals surface area contributed by atoms with E-state index in [-0.39, 0.29) is 23.7 Å². The number of halogens is 2. The van der Waals surface area contributed by atoms with Crippen molar-refractivity contribution >= 4 is 21.8 Å². The Morgan fingerprint density at radius 3 is 2.84 bits per heavy atom. The Bertz CT molecular complexity index is 463. The van der Waals surface area contributed by atoms with Gasteiger partial charge in [0.05, 0.1) is 0 Å². The lowest BCUT2D eigenvalue weighted by molar-refractivity contribution is -0.122. The summed E-state index contributed by atoms with van der Waals surface area (Å²) >= 11 is 3.24. The number of carbonyl (C=O) groups excluding carboxylic acids is 1. The van der Waals surface area contributed by atoms with E-state index in [1.807, 2.05) is 13.0 Å². The lowest BCUT2D eigenvalue weighted by atomic mass is 10.1. The van der Waals surface area contributed by atoms with Crippen LogP contribution in [0.5, 0.6) is 0 Å². The third-order valence-electron chi connectivity index (χ3n) is 3.25. The minimum Gasteiger partial charge on any atom is -0.355 e. The number of hydrogen-bond donors (Lipinski definition) is 2. The quantitative estimate of drug-likeness (QED) is 0.788. The number of hydrogen-bond acceptors (Lipinski definition) is 2. The zero-order valence-electron chi connectivity index (χ0n) is 10.9. The van der Waals surface area contributed by atoms with Crippen LogP contribution in [-0.4, -0.2) is 19.0 Å². The highest BCUT2D eigenvalue weighted by Gasteiger charge is 2.28. The van der Waals surface area contributed by atoms with Crippen LogP contribution in [0.1, 0.15) is 31.4 Å². The van der Waals surface area contributed by atoms with Crippen LogP contribution >= 0.6 is 15.9 Å². The summed E-state index contributed by atoms with van der Waals surface area (Å²) in [7, 11) is 0. The molecular formula is C14H18BrFN2O. The van der Waals surface area contributed by atoms with E-state index in [0.29, 0.717) is 18.7 Å². The van der Waals surface area contributed by atoms with E-state index >= 15 is 0 Å². The Balaban J connectivity index is 1.74. The average Bonchev–Trinajstić information content (AvgIpc) is 3.18. The van der Waals surface area contributed by atoms with Crippen LogP contribution in [0.15, 0.2) is 22.7 Å². The molecular weight excluding hydrogens is 311 g/mol. The van der Waals surface area contributed by atoms with Gasteiger partial charge in [0.1, 0.15) is 5.82 Å². The van der Waals surface area contributed by atoms with Crippen molar-refractivity contribution in [3.8, 4) is 0 Å². The summed E-state index contributed by atoms with van der Waals surface area (Å²) in [6.07, 6.45) is 2.03. The molecule has 2 rings (SSSR count). The van der Waals surface area contributed by atoms with E-state index in [0.717, 1.165) is 17.3 Å². The topological polar surface area (TPSA) is 41.1 Å². The van der Waals surface area contributed by atoms with Gasteiger partial charge < -0.3 is 10.6 Å². The van der Waals surface area contributed by atoms with Crippen LogP contribution in [0.3, 0.4) is 0 Å². The molecule has 1 fully saturated rings. The molecule has 0 spiro atoms. The molecule has 1 aromatic rings. The zero-order chi connectivity index (χ0) is 13.8. The van der Waals surface area contributed by atoms with Crippen LogP contribution in [0.25, 0.3) is 0 Å². The molecule has 2 N–H and O–H groups in total. The second-order valence-corrected chi connectivity index (χ2v) is 5.82. The molecule has 1 atom stereocenters. The molecule has 19 heavy (non-hydrogen) atoms. The first-order chi connectivity index (χ1) is 9.08. The molecule has 1 aliphatic rings. The van der Waals surface area contributed by atoms with Gasteiger partial charge in [-0.3, -0.25) is 4.79 Å². The van der Waals surface area contributed by atoms with Crippen molar-refractivity contribution in [2.75, 3.05) is 13.1 Å². The molecule has 0 heterocycles. The molecule has 104 valence electrons. The van der Waals surface area contributed by atoms with Crippen molar-refractivity contribution in [3.05, 3.63) is 34.1 Å². The molecule has 1 aliphatic carbocycles. The monoisotopic (exact) mass is 328 g/mol. The molecule has 1 amide bonds. The summed E-state index contributed by atoms with van der Waals surface area (Å²) in [6.45, 7) is 3.13. The minimum atomic E-state index is -0.226. The van der Waals surface area contributed by atoms with E-state index in [9.17, 15) is 9.18 Å². The van der Waals surface area contributed by atoms with Gasteiger partial charge in [-0.2, -0.15) is 0 Å². The van der Waals surface area contributed by atoms with Crippen molar-refractivity contribution in [1.82, 2.24) is 10.6 Å². The summed E-state index contributed by atoms with van der Waals surface area (Å²) < 4.78 is 14.4. The van der Waals surface area contributed by atoms with Crippen molar-refractivity contribution in [3.63, 3.8) is 0 Å². The fraction of sp³-hybridized carbons (Fsp3) is 0.500. The van der Waals surface area contributed by atoms with Gasteiger partial charge in [0.25, 0.3) is 0 Å². The maximum absolute atomic E-state index is 13.7. The summed E-state index contributed by atoms with van der Waals surface area (Å²) in [6, 6.07) is 4.97. The van der Waals surface area contributed by atoms with Gasteiger partial charge in [-0.1, -0.05) is 22.0 Å². The predicted molar refractivity (Wildman–Crippen MR) is 76.3 cm³/mol. The van der Waals surface area contributed by atoms with Crippen LogP contribution in [-0.2, 0) is 4.79 Å². The Labute approximate surface area is 121 Å². The highest BCUT2D eigenvalue weighted by Crippen LogP contribution is 2.28. The molecule has 0 unspecified atom stereocenters. The number of benzene rings is 1. The third kappa shape index (κ3) is 4.28. The first-order valence-corrected chi connectivity index (χ1v) is 7.33. The molecule has 1 saturated carbocycles. The van der Waals surface area contributed by atoms with E-state index < -0.39 is 0 Å². The summed E-state index contributed by atoms with van der Waals surface area (Å²) in [4.78, 5) is 11.4. The zero-order valence-corrected chi connectivity index (χ0v) is 12.5. The Morgan fingerprint density at radius 1 is 1.47 bits per heavy atom. The van der Waals surface area contributed by atoms with E-state index in [1.54, 1.807) is 6.07 Å². The van der Waals surface area contributed by atoms with Crippen LogP contribution in [0.2, 0.25) is 0 Å². The molecule has 0 aromatic heterocycles. The molecule has 5 heteroatoms. The van der Waals surface area contributed by atoms with E-state index in [1.165, 1.54) is 6.07 Å². The Hall–Kier alpha value is -0.940. The smallest absolute Gasteiger partial charge is 0.223 e. The maximum atomic E-state index is 13.7. The molecule has 0 aliphatic heterocycles. The van der Waals surface area contributed by atoms with Crippen molar-refractivity contribution in [2.45, 2.75) is 25.8 Å². The third-order valence-corrected chi connectivity index (χ3v) is 3.75. The first-order valence-electron chi connectivity index (χ1n) is 6.54. The van der Waals surface area contributed by atoms with Gasteiger partial charge >= 0.3 is 0 Å². The van der Waals surface area contributed by atoms with Crippen LogP contribution in [0.4, 0.5) is 4.39 Å². The van der Waals surface area contributed by atoms with Crippen molar-refractivity contribution < 1.29 is 9.18 Å². The minimum absolute atomic E-state index is 0.0778. The standard InChI is InChI=1S/C14H18BrFN2O/c1-9(12-5-4-11(15)8-13(12)16)17-6-7-18-14(19)10-2-3-10/h4-5,8-10,17H,2-3,6-7H2,1H3,(H,18,19)/t9-/m0/s1. The first kappa shape index (κ1) is 14.5. The fourth-order valence-electron chi connectivity index (χ4n) is 1.93. The highest BCUT2D eigenvalue weighted by molar-refractivity contribution is 9.10. The molecule has 3 nitrogen and oxygen atoms in total. The number of rotatable bonds is 6. The lowest BCUT2D eigenvalue weighted by Crippen LogP contribution is -2.33. The highest BCUT2D eigenvalue weighted by atomic mass is 79.9. The molecule has 0 bridgehead atoms. The van der Waals surface area contributed by atoms with Gasteiger partial charge in [0.15, 0.2) is 0 Å². The van der Waals surface area contributed by atoms with Gasteiger partial charge in [-0.25, -0.2) is 4.39 Å². The van der Waals surface area contributed by atoms with Gasteiger partial charge in [-0.05, 0) is 31.9 Å². The van der Waals surface area contributed by atoms with Gasteiger partial charge in [0.2, 0.25) is 5.91 Å². The Morgan fingerprint density at radius 2 is 2.21 bits per heavy atom. The molecule has 0 radical (unpaired) electrons. The van der Waals surface area contributed by atoms with Crippen LogP contribution in [0, 0.1) is 11.7 Å². The summed E-state index contributed by atoms with van der Waals surface area (Å²) in [5.41, 5.74) is 0.636. The summed E-state index contributed by atoms with van der Waals surface area (Å²) in [5.74, 6) is 0.155. The average molecular weight is 329 g/mol. The predicted octanol–water partition coefficient (Wildman–Crippen LogP) is 2.77. The van der Waals surface area contributed by atoms with Crippen LogP contribution < -0.4 is 10.6 Å². The van der Waals surface area contributed by atoms with Crippen molar-refractivity contribution in [1.29, 1.82) is 0 Å². The largest absolute Gasteiger partial charge is 0.355 e. The van der Waals surface area contributed by atoms with Gasteiger partial charge in [0, 0.05) is 35.1 Å². The Kier molecular flexibility index (Phi) is 4.93. The van der Waals surface area contributed by atoms with E-state index in [4.69, 9.17) is 0 Å². The number of amides is 1.